The summed E-state index contributed by atoms with van der Waals surface area (Å²) >= 11 is 0. The van der Waals surface area contributed by atoms with Crippen molar-refractivity contribution in [3.63, 3.8) is 0 Å². The molecule has 0 spiro atoms. The van der Waals surface area contributed by atoms with E-state index in [1.165, 1.54) is 0 Å². The zero-order valence-electron chi connectivity index (χ0n) is 9.64. The Hall–Kier alpha value is -2.02. The highest BCUT2D eigenvalue weighted by molar-refractivity contribution is 5.83. The molecule has 0 fully saturated rings. The van der Waals surface area contributed by atoms with Crippen LogP contribution in [0.4, 0.5) is 5.69 Å². The van der Waals surface area contributed by atoms with Gasteiger partial charge in [-0.3, -0.25) is 5.32 Å². The van der Waals surface area contributed by atoms with Crippen LogP contribution in [0, 0.1) is 11.5 Å². The summed E-state index contributed by atoms with van der Waals surface area (Å²) < 4.78 is 0. The third-order valence-corrected chi connectivity index (χ3v) is 2.22. The summed E-state index contributed by atoms with van der Waals surface area (Å²) in [4.78, 5) is 6.40. The number of guanidine groups is 1. The Balaban J connectivity index is 2.93. The van der Waals surface area contributed by atoms with Crippen molar-refractivity contribution in [1.82, 2.24) is 10.2 Å². The predicted octanol–water partition coefficient (Wildman–Crippen LogP) is 2.09. The van der Waals surface area contributed by atoms with E-state index in [-0.39, 0.29) is 0 Å². The lowest BCUT2D eigenvalue weighted by Crippen LogP contribution is -2.38. The lowest BCUT2D eigenvalue weighted by atomic mass is 10.3. The largest absolute Gasteiger partial charge is 0.342 e. The molecule has 0 aliphatic carbocycles. The molecule has 1 rings (SSSR count). The number of rotatable bonds is 3. The molecule has 4 heteroatoms. The average molecular weight is 216 g/mol. The highest BCUT2D eigenvalue weighted by Gasteiger charge is 2.06. The second-order valence-corrected chi connectivity index (χ2v) is 3.18. The normalized spacial score (nSPS) is 10.7. The van der Waals surface area contributed by atoms with Crippen molar-refractivity contribution in [3.05, 3.63) is 30.3 Å². The Morgan fingerprint density at radius 1 is 1.31 bits per heavy atom. The first-order valence-corrected chi connectivity index (χ1v) is 5.35. The predicted molar refractivity (Wildman–Crippen MR) is 65.2 cm³/mol. The van der Waals surface area contributed by atoms with Gasteiger partial charge in [0.15, 0.2) is 6.19 Å². The van der Waals surface area contributed by atoms with Gasteiger partial charge in [-0.1, -0.05) is 18.2 Å². The van der Waals surface area contributed by atoms with Crippen molar-refractivity contribution in [3.8, 4) is 6.19 Å². The Kier molecular flexibility index (Phi) is 4.87. The SMILES string of the molecule is CCN(CC)C(=Nc1ccccc1)NC#N. The maximum Gasteiger partial charge on any atom is 0.212 e. The van der Waals surface area contributed by atoms with Crippen LogP contribution in [0.5, 0.6) is 0 Å². The van der Waals surface area contributed by atoms with E-state index in [0.29, 0.717) is 5.96 Å². The molecule has 0 aliphatic rings. The molecule has 1 aromatic rings. The molecule has 0 bridgehead atoms. The maximum atomic E-state index is 8.69. The molecular formula is C12H16N4. The van der Waals surface area contributed by atoms with Crippen LogP contribution >= 0.6 is 0 Å². The first-order chi connectivity index (χ1) is 7.81. The average Bonchev–Trinajstić information content (AvgIpc) is 2.32. The van der Waals surface area contributed by atoms with Crippen LogP contribution in [-0.4, -0.2) is 23.9 Å². The molecular weight excluding hydrogens is 200 g/mol. The Bertz CT molecular complexity index is 374. The van der Waals surface area contributed by atoms with E-state index in [4.69, 9.17) is 5.26 Å². The Labute approximate surface area is 96.2 Å². The molecule has 0 radical (unpaired) electrons. The van der Waals surface area contributed by atoms with Crippen LogP contribution in [0.15, 0.2) is 35.3 Å². The number of para-hydroxylation sites is 1. The van der Waals surface area contributed by atoms with Gasteiger partial charge in [0.05, 0.1) is 5.69 Å². The van der Waals surface area contributed by atoms with Crippen LogP contribution in [0.3, 0.4) is 0 Å². The quantitative estimate of drug-likeness (QED) is 0.364. The van der Waals surface area contributed by atoms with Gasteiger partial charge in [0.25, 0.3) is 0 Å². The molecule has 16 heavy (non-hydrogen) atoms. The van der Waals surface area contributed by atoms with Crippen LogP contribution in [0.1, 0.15) is 13.8 Å². The van der Waals surface area contributed by atoms with E-state index in [1.807, 2.05) is 55.3 Å². The molecule has 0 heterocycles. The van der Waals surface area contributed by atoms with Gasteiger partial charge < -0.3 is 4.90 Å². The number of aliphatic imine (C=N–C) groups is 1. The fourth-order valence-electron chi connectivity index (χ4n) is 1.38. The van der Waals surface area contributed by atoms with E-state index in [1.54, 1.807) is 0 Å². The highest BCUT2D eigenvalue weighted by Crippen LogP contribution is 2.10. The van der Waals surface area contributed by atoms with Crippen molar-refractivity contribution in [2.45, 2.75) is 13.8 Å². The molecule has 0 aliphatic heterocycles. The van der Waals surface area contributed by atoms with Crippen LogP contribution < -0.4 is 5.32 Å². The summed E-state index contributed by atoms with van der Waals surface area (Å²) in [6.45, 7) is 5.69. The summed E-state index contributed by atoms with van der Waals surface area (Å²) in [7, 11) is 0. The first kappa shape index (κ1) is 12.1. The number of benzene rings is 1. The van der Waals surface area contributed by atoms with Gasteiger partial charge in [0.1, 0.15) is 0 Å². The van der Waals surface area contributed by atoms with Crippen molar-refractivity contribution < 1.29 is 0 Å². The third-order valence-electron chi connectivity index (χ3n) is 2.22. The third kappa shape index (κ3) is 3.28. The second kappa shape index (κ2) is 6.46. The minimum Gasteiger partial charge on any atom is -0.342 e. The summed E-state index contributed by atoms with van der Waals surface area (Å²) in [5.41, 5.74) is 0.840. The maximum absolute atomic E-state index is 8.69. The van der Waals surface area contributed by atoms with E-state index in [9.17, 15) is 0 Å². The number of nitriles is 1. The smallest absolute Gasteiger partial charge is 0.212 e. The number of hydrogen-bond acceptors (Lipinski definition) is 2. The highest BCUT2D eigenvalue weighted by atomic mass is 15.3. The zero-order chi connectivity index (χ0) is 11.8. The minimum absolute atomic E-state index is 0.596. The van der Waals surface area contributed by atoms with Crippen molar-refractivity contribution in [2.24, 2.45) is 4.99 Å². The van der Waals surface area contributed by atoms with E-state index >= 15 is 0 Å². The van der Waals surface area contributed by atoms with Gasteiger partial charge in [-0.2, -0.15) is 5.26 Å². The Morgan fingerprint density at radius 3 is 2.44 bits per heavy atom. The fraction of sp³-hybridized carbons (Fsp3) is 0.333. The molecule has 1 aromatic carbocycles. The summed E-state index contributed by atoms with van der Waals surface area (Å²) in [5.74, 6) is 0.596. The van der Waals surface area contributed by atoms with E-state index < -0.39 is 0 Å². The van der Waals surface area contributed by atoms with E-state index in [2.05, 4.69) is 10.3 Å². The van der Waals surface area contributed by atoms with Gasteiger partial charge in [0, 0.05) is 13.1 Å². The molecule has 0 saturated carbocycles. The molecule has 0 saturated heterocycles. The van der Waals surface area contributed by atoms with Gasteiger partial charge >= 0.3 is 0 Å². The van der Waals surface area contributed by atoms with Crippen molar-refractivity contribution in [1.29, 1.82) is 5.26 Å². The van der Waals surface area contributed by atoms with Crippen molar-refractivity contribution >= 4 is 11.6 Å². The molecule has 1 N–H and O–H groups in total. The van der Waals surface area contributed by atoms with Gasteiger partial charge in [-0.05, 0) is 26.0 Å². The number of hydrogen-bond donors (Lipinski definition) is 1. The van der Waals surface area contributed by atoms with Crippen LogP contribution in [-0.2, 0) is 0 Å². The molecule has 0 atom stereocenters. The lowest BCUT2D eigenvalue weighted by Gasteiger charge is -2.21. The molecule has 0 aromatic heterocycles. The molecule has 4 nitrogen and oxygen atoms in total. The van der Waals surface area contributed by atoms with E-state index in [0.717, 1.165) is 18.8 Å². The van der Waals surface area contributed by atoms with Crippen LogP contribution in [0.2, 0.25) is 0 Å². The first-order valence-electron chi connectivity index (χ1n) is 5.35. The summed E-state index contributed by atoms with van der Waals surface area (Å²) in [5, 5.41) is 11.3. The number of nitrogens with one attached hydrogen (secondary N) is 1. The van der Waals surface area contributed by atoms with Gasteiger partial charge in [0.2, 0.25) is 5.96 Å². The summed E-state index contributed by atoms with van der Waals surface area (Å²) in [6, 6.07) is 9.59. The Morgan fingerprint density at radius 2 is 1.94 bits per heavy atom. The van der Waals surface area contributed by atoms with Gasteiger partial charge in [-0.15, -0.1) is 0 Å². The summed E-state index contributed by atoms with van der Waals surface area (Å²) in [6.07, 6.45) is 1.91. The monoisotopic (exact) mass is 216 g/mol. The lowest BCUT2D eigenvalue weighted by molar-refractivity contribution is 0.454. The fourth-order valence-corrected chi connectivity index (χ4v) is 1.38. The number of nitrogens with zero attached hydrogens (tertiary/aromatic N) is 3. The standard InChI is InChI=1S/C12H16N4/c1-3-16(4-2)12(14-10-13)15-11-8-6-5-7-9-11/h5-9H,3-4H2,1-2H3,(H,14,15). The molecule has 0 amide bonds. The topological polar surface area (TPSA) is 51.4 Å². The second-order valence-electron chi connectivity index (χ2n) is 3.18. The molecule has 84 valence electrons. The van der Waals surface area contributed by atoms with Crippen molar-refractivity contribution in [2.75, 3.05) is 13.1 Å². The van der Waals surface area contributed by atoms with Gasteiger partial charge in [-0.25, -0.2) is 4.99 Å². The zero-order valence-corrected chi connectivity index (χ0v) is 9.64. The van der Waals surface area contributed by atoms with Crippen LogP contribution in [0.25, 0.3) is 0 Å². The molecule has 0 unspecified atom stereocenters. The minimum atomic E-state index is 0.596.